The molecule has 0 saturated heterocycles. The fourth-order valence-corrected chi connectivity index (χ4v) is 2.94. The number of hydrogen-bond acceptors (Lipinski definition) is 4. The topological polar surface area (TPSA) is 91.3 Å². The zero-order chi connectivity index (χ0) is 12.5. The van der Waals surface area contributed by atoms with Crippen molar-refractivity contribution >= 4 is 11.9 Å². The van der Waals surface area contributed by atoms with E-state index in [9.17, 15) is 4.79 Å². The van der Waals surface area contributed by atoms with E-state index in [2.05, 4.69) is 23.3 Å². The van der Waals surface area contributed by atoms with Crippen molar-refractivity contribution < 1.29 is 4.79 Å². The Bertz CT molecular complexity index is 388. The van der Waals surface area contributed by atoms with Crippen LogP contribution in [0, 0.1) is 23.2 Å². The van der Waals surface area contributed by atoms with E-state index in [-0.39, 0.29) is 11.9 Å². The molecule has 5 heteroatoms. The van der Waals surface area contributed by atoms with Gasteiger partial charge in [0.2, 0.25) is 5.91 Å². The predicted octanol–water partition coefficient (Wildman–Crippen LogP) is 0.910. The third-order valence-corrected chi connectivity index (χ3v) is 4.07. The van der Waals surface area contributed by atoms with E-state index >= 15 is 0 Å². The summed E-state index contributed by atoms with van der Waals surface area (Å²) < 4.78 is 0. The van der Waals surface area contributed by atoms with Crippen LogP contribution in [-0.4, -0.2) is 17.4 Å². The van der Waals surface area contributed by atoms with Crippen molar-refractivity contribution in [2.45, 2.75) is 44.6 Å². The number of guanidine groups is 1. The second-order valence-corrected chi connectivity index (χ2v) is 5.00. The lowest BCUT2D eigenvalue weighted by Crippen LogP contribution is -2.56. The maximum Gasteiger partial charge on any atom is 0.246 e. The van der Waals surface area contributed by atoms with Crippen molar-refractivity contribution in [3.05, 3.63) is 0 Å². The first-order valence-corrected chi connectivity index (χ1v) is 6.17. The molecule has 1 amide bonds. The summed E-state index contributed by atoms with van der Waals surface area (Å²) in [6.07, 6.45) is 4.78. The van der Waals surface area contributed by atoms with Crippen LogP contribution in [0.25, 0.3) is 0 Å². The summed E-state index contributed by atoms with van der Waals surface area (Å²) in [6, 6.07) is 2.09. The van der Waals surface area contributed by atoms with E-state index in [4.69, 9.17) is 11.0 Å². The number of nitriles is 1. The van der Waals surface area contributed by atoms with Gasteiger partial charge in [-0.2, -0.15) is 5.26 Å². The molecular weight excluding hydrogens is 216 g/mol. The number of amides is 1. The molecule has 17 heavy (non-hydrogen) atoms. The van der Waals surface area contributed by atoms with Gasteiger partial charge in [0.1, 0.15) is 0 Å². The second kappa shape index (κ2) is 4.36. The first-order valence-electron chi connectivity index (χ1n) is 6.17. The van der Waals surface area contributed by atoms with Crippen LogP contribution >= 0.6 is 0 Å². The molecule has 0 aromatic carbocycles. The Morgan fingerprint density at radius 1 is 1.59 bits per heavy atom. The lowest BCUT2D eigenvalue weighted by Gasteiger charge is -2.41. The number of hydrogen-bond donors (Lipinski definition) is 2. The van der Waals surface area contributed by atoms with Crippen LogP contribution in [0.2, 0.25) is 0 Å². The maximum atomic E-state index is 11.8. The molecule has 1 fully saturated rings. The van der Waals surface area contributed by atoms with Crippen molar-refractivity contribution in [2.24, 2.45) is 22.6 Å². The Kier molecular flexibility index (Phi) is 3.05. The lowest BCUT2D eigenvalue weighted by atomic mass is 9.69. The van der Waals surface area contributed by atoms with Crippen molar-refractivity contribution in [3.8, 4) is 6.07 Å². The molecule has 1 atom stereocenters. The summed E-state index contributed by atoms with van der Waals surface area (Å²) in [5.74, 6) is -0.125. The minimum Gasteiger partial charge on any atom is -0.370 e. The molecule has 1 aliphatic heterocycles. The number of nitrogens with one attached hydrogen (secondary N) is 1. The molecule has 3 N–H and O–H groups in total. The molecule has 92 valence electrons. The van der Waals surface area contributed by atoms with Gasteiger partial charge in [-0.05, 0) is 31.6 Å². The third kappa shape index (κ3) is 1.99. The highest BCUT2D eigenvalue weighted by Crippen LogP contribution is 2.42. The van der Waals surface area contributed by atoms with Crippen molar-refractivity contribution in [1.29, 1.82) is 5.26 Å². The highest BCUT2D eigenvalue weighted by atomic mass is 16.2. The summed E-state index contributed by atoms with van der Waals surface area (Å²) in [5, 5.41) is 11.6. The van der Waals surface area contributed by atoms with Crippen molar-refractivity contribution in [1.82, 2.24) is 5.32 Å². The number of carbonyl (C=O) groups excluding carboxylic acids is 1. The second-order valence-electron chi connectivity index (χ2n) is 5.00. The van der Waals surface area contributed by atoms with E-state index in [1.54, 1.807) is 0 Å². The van der Waals surface area contributed by atoms with E-state index in [0.29, 0.717) is 5.92 Å². The average Bonchev–Trinajstić information content (AvgIpc) is 2.29. The molecule has 1 saturated carbocycles. The summed E-state index contributed by atoms with van der Waals surface area (Å²) in [6.45, 7) is 2.18. The normalized spacial score (nSPS) is 37.2. The zero-order valence-electron chi connectivity index (χ0n) is 10.1. The Morgan fingerprint density at radius 2 is 2.24 bits per heavy atom. The molecule has 1 unspecified atom stereocenters. The van der Waals surface area contributed by atoms with E-state index in [1.807, 2.05) is 0 Å². The Balaban J connectivity index is 2.25. The van der Waals surface area contributed by atoms with Crippen LogP contribution in [0.5, 0.6) is 0 Å². The average molecular weight is 234 g/mol. The van der Waals surface area contributed by atoms with Crippen molar-refractivity contribution in [2.75, 3.05) is 0 Å². The number of carbonyl (C=O) groups is 1. The Morgan fingerprint density at radius 3 is 2.76 bits per heavy atom. The van der Waals surface area contributed by atoms with Gasteiger partial charge in [0.25, 0.3) is 0 Å². The molecule has 1 spiro atoms. The molecular formula is C12H18N4O. The van der Waals surface area contributed by atoms with Gasteiger partial charge >= 0.3 is 0 Å². The fourth-order valence-electron chi connectivity index (χ4n) is 2.94. The third-order valence-electron chi connectivity index (χ3n) is 4.07. The molecule has 0 bridgehead atoms. The van der Waals surface area contributed by atoms with Gasteiger partial charge in [0, 0.05) is 0 Å². The van der Waals surface area contributed by atoms with Gasteiger partial charge in [-0.3, -0.25) is 10.1 Å². The molecule has 1 heterocycles. The largest absolute Gasteiger partial charge is 0.370 e. The first-order chi connectivity index (χ1) is 8.11. The first kappa shape index (κ1) is 11.9. The van der Waals surface area contributed by atoms with Crippen molar-refractivity contribution in [3.63, 3.8) is 0 Å². The Hall–Kier alpha value is -1.57. The minimum atomic E-state index is -0.687. The van der Waals surface area contributed by atoms with Gasteiger partial charge in [-0.15, -0.1) is 0 Å². The Labute approximate surface area is 101 Å². The maximum absolute atomic E-state index is 11.8. The minimum absolute atomic E-state index is 0.163. The van der Waals surface area contributed by atoms with E-state index in [1.165, 1.54) is 0 Å². The van der Waals surface area contributed by atoms with Gasteiger partial charge in [-0.25, -0.2) is 4.99 Å². The SMILES string of the molecule is CCC1CCC2(CC1)N=C(N)NC(=O)C2C#N. The summed E-state index contributed by atoms with van der Waals surface area (Å²) >= 11 is 0. The number of rotatable bonds is 1. The van der Waals surface area contributed by atoms with Gasteiger partial charge in [0.15, 0.2) is 11.9 Å². The van der Waals surface area contributed by atoms with Crippen LogP contribution in [0.1, 0.15) is 39.0 Å². The van der Waals surface area contributed by atoms with Gasteiger partial charge in [0.05, 0.1) is 11.6 Å². The van der Waals surface area contributed by atoms with Crippen LogP contribution in [0.15, 0.2) is 4.99 Å². The van der Waals surface area contributed by atoms with E-state index < -0.39 is 11.5 Å². The molecule has 1 aliphatic carbocycles. The zero-order valence-corrected chi connectivity index (χ0v) is 10.1. The van der Waals surface area contributed by atoms with Crippen LogP contribution in [-0.2, 0) is 4.79 Å². The molecule has 2 aliphatic rings. The van der Waals surface area contributed by atoms with Crippen LogP contribution in [0.3, 0.4) is 0 Å². The number of aliphatic imine (C=N–C) groups is 1. The van der Waals surface area contributed by atoms with Gasteiger partial charge < -0.3 is 5.73 Å². The molecule has 0 radical (unpaired) electrons. The molecule has 5 nitrogen and oxygen atoms in total. The standard InChI is InChI=1S/C12H18N4O/c1-2-8-3-5-12(6-4-8)9(7-13)10(17)15-11(14)16-12/h8-9H,2-6H2,1H3,(H3,14,15,16,17). The van der Waals surface area contributed by atoms with Crippen LogP contribution < -0.4 is 11.1 Å². The molecule has 0 aromatic heterocycles. The predicted molar refractivity (Wildman–Crippen MR) is 63.8 cm³/mol. The molecule has 0 aromatic rings. The molecule has 2 rings (SSSR count). The highest BCUT2D eigenvalue weighted by molar-refractivity contribution is 6.01. The smallest absolute Gasteiger partial charge is 0.246 e. The fraction of sp³-hybridized carbons (Fsp3) is 0.750. The number of nitrogens with zero attached hydrogens (tertiary/aromatic N) is 2. The summed E-state index contributed by atoms with van der Waals surface area (Å²) in [4.78, 5) is 16.2. The number of nitrogens with two attached hydrogens (primary N) is 1. The lowest BCUT2D eigenvalue weighted by molar-refractivity contribution is -0.124. The summed E-state index contributed by atoms with van der Waals surface area (Å²) in [5.41, 5.74) is 5.06. The van der Waals surface area contributed by atoms with Crippen LogP contribution in [0.4, 0.5) is 0 Å². The highest BCUT2D eigenvalue weighted by Gasteiger charge is 2.48. The van der Waals surface area contributed by atoms with E-state index in [0.717, 1.165) is 32.1 Å². The quantitative estimate of drug-likeness (QED) is 0.706. The summed E-state index contributed by atoms with van der Waals surface area (Å²) in [7, 11) is 0. The van der Waals surface area contributed by atoms with Gasteiger partial charge in [-0.1, -0.05) is 13.3 Å². The monoisotopic (exact) mass is 234 g/mol.